The van der Waals surface area contributed by atoms with Crippen LogP contribution in [0.15, 0.2) is 0 Å². The number of hydrogen-bond donors (Lipinski definition) is 1. The third kappa shape index (κ3) is 32.4. The number of rotatable bonds is 10. The molecule has 0 saturated carbocycles. The van der Waals surface area contributed by atoms with Crippen molar-refractivity contribution in [2.45, 2.75) is 71.1 Å². The van der Waals surface area contributed by atoms with E-state index in [9.17, 15) is 8.42 Å². The molecule has 0 aromatic heterocycles. The summed E-state index contributed by atoms with van der Waals surface area (Å²) in [6, 6.07) is 0. The maximum absolute atomic E-state index is 9.33. The zero-order valence-corrected chi connectivity index (χ0v) is 15.7. The molecule has 0 saturated heterocycles. The van der Waals surface area contributed by atoms with E-state index in [4.69, 9.17) is 4.55 Å². The predicted octanol–water partition coefficient (Wildman–Crippen LogP) is 1.18. The van der Waals surface area contributed by atoms with Crippen molar-refractivity contribution in [2.75, 3.05) is 7.11 Å². The van der Waals surface area contributed by atoms with Crippen molar-refractivity contribution in [1.82, 2.24) is 0 Å². The van der Waals surface area contributed by atoms with Crippen LogP contribution in [0.25, 0.3) is 0 Å². The van der Waals surface area contributed by atoms with E-state index < -0.39 is 10.4 Å². The zero-order chi connectivity index (χ0) is 14.3. The van der Waals surface area contributed by atoms with Crippen molar-refractivity contribution < 1.29 is 46.7 Å². The summed E-state index contributed by atoms with van der Waals surface area (Å²) in [5.74, 6) is 0. The quantitative estimate of drug-likeness (QED) is 0.285. The van der Waals surface area contributed by atoms with E-state index in [0.717, 1.165) is 13.5 Å². The Morgan fingerprint density at radius 3 is 1.53 bits per heavy atom. The largest absolute Gasteiger partial charge is 1.00 e. The summed E-state index contributed by atoms with van der Waals surface area (Å²) < 4.78 is 29.7. The minimum atomic E-state index is -4.16. The molecule has 0 rings (SSSR count). The first-order valence-electron chi connectivity index (χ1n) is 6.80. The Labute approximate surface area is 141 Å². The average Bonchev–Trinajstić information content (AvgIpc) is 2.33. The zero-order valence-electron chi connectivity index (χ0n) is 12.9. The van der Waals surface area contributed by atoms with Crippen LogP contribution in [0.5, 0.6) is 0 Å². The third-order valence-corrected chi connectivity index (χ3v) is 2.99. The molecule has 6 heteroatoms. The fourth-order valence-corrected chi connectivity index (χ4v) is 1.49. The van der Waals surface area contributed by atoms with Gasteiger partial charge in [-0.1, -0.05) is 64.7 Å². The molecule has 0 bridgehead atoms. The van der Waals surface area contributed by atoms with Gasteiger partial charge in [-0.05, 0) is 0 Å². The van der Waals surface area contributed by atoms with Gasteiger partial charge in [0.2, 0.25) is 0 Å². The normalized spacial score (nSPS) is 10.3. The van der Waals surface area contributed by atoms with E-state index in [1.54, 1.807) is 0 Å². The Morgan fingerprint density at radius 2 is 1.26 bits per heavy atom. The Kier molecular flexibility index (Phi) is 24.7. The van der Waals surface area contributed by atoms with Crippen molar-refractivity contribution in [1.29, 1.82) is 0 Å². The minimum absolute atomic E-state index is 0. The van der Waals surface area contributed by atoms with Crippen molar-refractivity contribution in [3.8, 4) is 0 Å². The molecule has 19 heavy (non-hydrogen) atoms. The molecular formula is C13H29NaO4S. The van der Waals surface area contributed by atoms with Crippen molar-refractivity contribution in [3.05, 3.63) is 6.92 Å². The molecule has 112 valence electrons. The SMILES string of the molecule is COS(=O)(=O)O.[CH2-]CCCCCCCCCCC.[Na+]. The van der Waals surface area contributed by atoms with Crippen LogP contribution in [-0.4, -0.2) is 20.1 Å². The number of hydrogen-bond acceptors (Lipinski definition) is 3. The first-order chi connectivity index (χ1) is 8.47. The maximum atomic E-state index is 9.33. The molecule has 0 aliphatic heterocycles. The Hall–Kier alpha value is 0.870. The Bertz CT molecular complexity index is 233. The summed E-state index contributed by atoms with van der Waals surface area (Å²) in [7, 11) is -3.29. The summed E-state index contributed by atoms with van der Waals surface area (Å²) in [6.07, 6.45) is 13.9. The van der Waals surface area contributed by atoms with Gasteiger partial charge in [0.15, 0.2) is 0 Å². The molecule has 0 fully saturated rings. The van der Waals surface area contributed by atoms with Gasteiger partial charge in [0.05, 0.1) is 7.11 Å². The van der Waals surface area contributed by atoms with Crippen molar-refractivity contribution in [2.24, 2.45) is 0 Å². The average molecular weight is 304 g/mol. The van der Waals surface area contributed by atoms with Gasteiger partial charge in [-0.3, -0.25) is 8.74 Å². The molecule has 0 atom stereocenters. The Balaban J connectivity index is -0.000000313. The molecule has 0 radical (unpaired) electrons. The smallest absolute Gasteiger partial charge is 0.343 e. The molecular weight excluding hydrogens is 275 g/mol. The van der Waals surface area contributed by atoms with E-state index >= 15 is 0 Å². The second-order valence-electron chi connectivity index (χ2n) is 4.28. The molecule has 0 aliphatic carbocycles. The van der Waals surface area contributed by atoms with E-state index in [-0.39, 0.29) is 29.6 Å². The standard InChI is InChI=1S/C12H25.CH4O4S.Na/c1-3-5-7-9-11-12-10-8-6-4-2;1-5-6(2,3)4;/h1,3-12H2,2H3;1H3,(H,2,3,4);/q-1;;+1. The van der Waals surface area contributed by atoms with Gasteiger partial charge >= 0.3 is 40.0 Å². The molecule has 0 aliphatic rings. The van der Waals surface area contributed by atoms with Crippen LogP contribution in [0.3, 0.4) is 0 Å². The molecule has 0 aromatic carbocycles. The van der Waals surface area contributed by atoms with Crippen molar-refractivity contribution >= 4 is 10.4 Å². The first-order valence-corrected chi connectivity index (χ1v) is 8.16. The van der Waals surface area contributed by atoms with Crippen molar-refractivity contribution in [3.63, 3.8) is 0 Å². The summed E-state index contributed by atoms with van der Waals surface area (Å²) in [6.45, 7) is 6.12. The van der Waals surface area contributed by atoms with Gasteiger partial charge in [-0.15, -0.1) is 0 Å². The molecule has 1 N–H and O–H groups in total. The monoisotopic (exact) mass is 304 g/mol. The van der Waals surface area contributed by atoms with Gasteiger partial charge in [0, 0.05) is 0 Å². The fraction of sp³-hybridized carbons (Fsp3) is 0.923. The topological polar surface area (TPSA) is 63.6 Å². The molecule has 0 unspecified atom stereocenters. The van der Waals surface area contributed by atoms with E-state index in [1.165, 1.54) is 57.8 Å². The van der Waals surface area contributed by atoms with Gasteiger partial charge < -0.3 is 6.92 Å². The molecule has 0 amide bonds. The van der Waals surface area contributed by atoms with Gasteiger partial charge in [-0.25, -0.2) is 0 Å². The predicted molar refractivity (Wildman–Crippen MR) is 75.8 cm³/mol. The fourth-order valence-electron chi connectivity index (χ4n) is 1.49. The maximum Gasteiger partial charge on any atom is 1.00 e. The van der Waals surface area contributed by atoms with Gasteiger partial charge in [-0.2, -0.15) is 14.8 Å². The molecule has 4 nitrogen and oxygen atoms in total. The van der Waals surface area contributed by atoms with Crippen LogP contribution in [0.1, 0.15) is 71.1 Å². The second kappa shape index (κ2) is 18.9. The van der Waals surface area contributed by atoms with Gasteiger partial charge in [0.1, 0.15) is 0 Å². The van der Waals surface area contributed by atoms with Gasteiger partial charge in [0.25, 0.3) is 0 Å². The second-order valence-corrected chi connectivity index (χ2v) is 5.47. The molecule has 0 aromatic rings. The summed E-state index contributed by atoms with van der Waals surface area (Å²) in [4.78, 5) is 0. The first kappa shape index (κ1) is 24.9. The summed E-state index contributed by atoms with van der Waals surface area (Å²) in [5, 5.41) is 0. The molecule has 0 spiro atoms. The van der Waals surface area contributed by atoms with Crippen LogP contribution < -0.4 is 29.6 Å². The summed E-state index contributed by atoms with van der Waals surface area (Å²) >= 11 is 0. The van der Waals surface area contributed by atoms with Crippen LogP contribution in [0.2, 0.25) is 0 Å². The number of unbranched alkanes of at least 4 members (excludes halogenated alkanes) is 9. The van der Waals surface area contributed by atoms with Crippen LogP contribution in [0.4, 0.5) is 0 Å². The van der Waals surface area contributed by atoms with Crippen LogP contribution in [-0.2, 0) is 14.6 Å². The Morgan fingerprint density at radius 1 is 0.947 bits per heavy atom. The summed E-state index contributed by atoms with van der Waals surface area (Å²) in [5.41, 5.74) is 0. The van der Waals surface area contributed by atoms with E-state index in [2.05, 4.69) is 18.0 Å². The van der Waals surface area contributed by atoms with Crippen LogP contribution in [0, 0.1) is 6.92 Å². The molecule has 0 heterocycles. The van der Waals surface area contributed by atoms with E-state index in [0.29, 0.717) is 0 Å². The van der Waals surface area contributed by atoms with E-state index in [1.807, 2.05) is 0 Å². The minimum Gasteiger partial charge on any atom is -0.343 e. The third-order valence-electron chi connectivity index (χ3n) is 2.56. The van der Waals surface area contributed by atoms with Crippen LogP contribution >= 0.6 is 0 Å².